The number of nitrogens with zero attached hydrogens (tertiary/aromatic N) is 6. The molecule has 300 valence electrons. The molecular weight excluding hydrogens is 726 g/mol. The Hall–Kier alpha value is -4.83. The normalized spacial score (nSPS) is 20.6. The van der Waals surface area contributed by atoms with Crippen LogP contribution >= 0.6 is 0 Å². The van der Waals surface area contributed by atoms with Crippen molar-refractivity contribution >= 4 is 52.7 Å². The average molecular weight is 779 g/mol. The van der Waals surface area contributed by atoms with Crippen molar-refractivity contribution in [3.05, 3.63) is 83.4 Å². The van der Waals surface area contributed by atoms with Gasteiger partial charge in [-0.25, -0.2) is 9.37 Å². The number of likely N-dealkylation sites (tertiary alicyclic amines) is 2. The third-order valence-corrected chi connectivity index (χ3v) is 12.6. The van der Waals surface area contributed by atoms with Crippen LogP contribution in [-0.2, 0) is 23.2 Å². The summed E-state index contributed by atoms with van der Waals surface area (Å²) in [6.45, 7) is 8.33. The number of pyridine rings is 1. The smallest absolute Gasteiger partial charge is 0.423 e. The Morgan fingerprint density at radius 2 is 1.63 bits per heavy atom. The molecule has 3 amide bonds. The van der Waals surface area contributed by atoms with Crippen LogP contribution in [-0.4, -0.2) is 124 Å². The predicted molar refractivity (Wildman–Crippen MR) is 218 cm³/mol. The molecule has 4 saturated heterocycles. The van der Waals surface area contributed by atoms with Gasteiger partial charge in [0.2, 0.25) is 11.8 Å². The molecule has 2 aromatic heterocycles. The highest BCUT2D eigenvalue weighted by Gasteiger charge is 2.30. The summed E-state index contributed by atoms with van der Waals surface area (Å²) >= 11 is 0. The first-order chi connectivity index (χ1) is 27.6. The third-order valence-electron chi connectivity index (χ3n) is 12.6. The molecule has 4 N–H and O–H groups in total. The number of rotatable bonds is 10. The lowest BCUT2D eigenvalue weighted by molar-refractivity contribution is -0.133. The molecule has 6 heterocycles. The largest absolute Gasteiger partial charge is 0.489 e. The fourth-order valence-electron chi connectivity index (χ4n) is 9.14. The van der Waals surface area contributed by atoms with Crippen LogP contribution < -0.4 is 21.0 Å². The fraction of sp³-hybridized carbons (Fsp3) is 0.476. The maximum Gasteiger partial charge on any atom is 0.489 e. The zero-order valence-corrected chi connectivity index (χ0v) is 32.6. The number of fused-ring (bicyclic) bond motifs is 1. The van der Waals surface area contributed by atoms with E-state index in [-0.39, 0.29) is 30.0 Å². The SMILES string of the molecule is Cn1c(CN2CCC(c3ccc(C(=O)N4CCC(CN5CCN(c6ccc(NC7CCC(=O)NC7=O)cc6F)CC5)CC4)cc3)CC2)cc2c(B(O)O)ccnc21. The molecule has 1 unspecified atom stereocenters. The summed E-state index contributed by atoms with van der Waals surface area (Å²) in [5.41, 5.74) is 5.42. The second-order valence-electron chi connectivity index (χ2n) is 16.2. The summed E-state index contributed by atoms with van der Waals surface area (Å²) in [5.74, 6) is 0.0790. The number of anilines is 2. The summed E-state index contributed by atoms with van der Waals surface area (Å²) in [5, 5.41) is 25.7. The molecule has 0 saturated carbocycles. The van der Waals surface area contributed by atoms with Gasteiger partial charge in [-0.15, -0.1) is 0 Å². The number of hydrogen-bond donors (Lipinski definition) is 4. The van der Waals surface area contributed by atoms with Gasteiger partial charge in [0.25, 0.3) is 5.91 Å². The molecule has 1 atom stereocenters. The first-order valence-electron chi connectivity index (χ1n) is 20.4. The Bertz CT molecular complexity index is 2090. The highest BCUT2D eigenvalue weighted by Crippen LogP contribution is 2.31. The Balaban J connectivity index is 0.756. The van der Waals surface area contributed by atoms with Crippen molar-refractivity contribution < 1.29 is 28.8 Å². The standard InChI is InChI=1S/C42H52BFN8O5/c1-48-33(25-34-35(43(56)57)10-15-45-40(34)48)27-49-16-13-30(14-17-49)29-2-4-31(5-3-29)42(55)52-18-11-28(12-19-52)26-50-20-22-51(23-21-50)38-8-6-32(24-36(38)44)46-37-7-9-39(53)47-41(37)54/h2-6,8,10,15,24-25,28,30,37,46,56-57H,7,9,11-14,16-23,26-27H2,1H3,(H,47,53,54). The lowest BCUT2D eigenvalue weighted by Gasteiger charge is -2.39. The molecule has 4 aliphatic rings. The summed E-state index contributed by atoms with van der Waals surface area (Å²) in [7, 11) is 0.441. The second kappa shape index (κ2) is 17.0. The fourth-order valence-corrected chi connectivity index (χ4v) is 9.14. The topological polar surface area (TPSA) is 147 Å². The van der Waals surface area contributed by atoms with Crippen LogP contribution in [0.2, 0.25) is 0 Å². The van der Waals surface area contributed by atoms with Gasteiger partial charge in [0.05, 0.1) is 5.69 Å². The Morgan fingerprint density at radius 3 is 2.32 bits per heavy atom. The van der Waals surface area contributed by atoms with E-state index in [4.69, 9.17) is 0 Å². The van der Waals surface area contributed by atoms with E-state index in [1.54, 1.807) is 24.4 Å². The lowest BCUT2D eigenvalue weighted by atomic mass is 9.79. The number of hydrogen-bond acceptors (Lipinski definition) is 10. The number of aryl methyl sites for hydroxylation is 1. The van der Waals surface area contributed by atoms with E-state index in [9.17, 15) is 24.4 Å². The highest BCUT2D eigenvalue weighted by molar-refractivity contribution is 6.61. The summed E-state index contributed by atoms with van der Waals surface area (Å²) < 4.78 is 17.2. The first kappa shape index (κ1) is 39.0. The van der Waals surface area contributed by atoms with E-state index in [1.807, 2.05) is 34.7 Å². The predicted octanol–water partition coefficient (Wildman–Crippen LogP) is 2.66. The average Bonchev–Trinajstić information content (AvgIpc) is 3.54. The molecule has 0 aliphatic carbocycles. The second-order valence-corrected chi connectivity index (χ2v) is 16.2. The number of halogens is 1. The molecule has 8 rings (SSSR count). The zero-order valence-electron chi connectivity index (χ0n) is 32.6. The van der Waals surface area contributed by atoms with Gasteiger partial charge in [-0.1, -0.05) is 12.1 Å². The molecule has 0 radical (unpaired) electrons. The van der Waals surface area contributed by atoms with Crippen LogP contribution in [0.4, 0.5) is 15.8 Å². The highest BCUT2D eigenvalue weighted by atomic mass is 19.1. The van der Waals surface area contributed by atoms with E-state index >= 15 is 4.39 Å². The van der Waals surface area contributed by atoms with Crippen molar-refractivity contribution in [2.75, 3.05) is 69.1 Å². The van der Waals surface area contributed by atoms with E-state index in [0.29, 0.717) is 35.1 Å². The maximum absolute atomic E-state index is 15.2. The molecule has 2 aromatic carbocycles. The van der Waals surface area contributed by atoms with E-state index in [2.05, 4.69) is 42.5 Å². The molecule has 13 nitrogen and oxygen atoms in total. The Labute approximate surface area is 333 Å². The van der Waals surface area contributed by atoms with Crippen molar-refractivity contribution in [1.82, 2.24) is 29.6 Å². The van der Waals surface area contributed by atoms with Crippen LogP contribution in [0, 0.1) is 11.7 Å². The van der Waals surface area contributed by atoms with Gasteiger partial charge in [-0.05, 0) is 111 Å². The van der Waals surface area contributed by atoms with Gasteiger partial charge >= 0.3 is 7.12 Å². The number of piperazine rings is 1. The molecule has 15 heteroatoms. The minimum absolute atomic E-state index is 0.102. The summed E-state index contributed by atoms with van der Waals surface area (Å²) in [6, 6.07) is 16.4. The quantitative estimate of drug-likeness (QED) is 0.140. The van der Waals surface area contributed by atoms with Gasteiger partial charge in [0, 0.05) is 94.4 Å². The summed E-state index contributed by atoms with van der Waals surface area (Å²) in [6.07, 6.45) is 6.28. The van der Waals surface area contributed by atoms with Gasteiger partial charge in [0.15, 0.2) is 0 Å². The first-order valence-corrected chi connectivity index (χ1v) is 20.4. The number of amides is 3. The number of aromatic nitrogens is 2. The summed E-state index contributed by atoms with van der Waals surface area (Å²) in [4.78, 5) is 50.5. The van der Waals surface area contributed by atoms with Crippen LogP contribution in [0.1, 0.15) is 66.1 Å². The maximum atomic E-state index is 15.2. The van der Waals surface area contributed by atoms with Gasteiger partial charge in [-0.3, -0.25) is 29.5 Å². The van der Waals surface area contributed by atoms with Gasteiger partial charge < -0.3 is 29.7 Å². The van der Waals surface area contributed by atoms with Crippen LogP contribution in [0.3, 0.4) is 0 Å². The number of nitrogens with one attached hydrogen (secondary N) is 2. The molecule has 57 heavy (non-hydrogen) atoms. The Kier molecular flexibility index (Phi) is 11.6. The van der Waals surface area contributed by atoms with E-state index in [0.717, 1.165) is 113 Å². The monoisotopic (exact) mass is 778 g/mol. The molecule has 0 bridgehead atoms. The van der Waals surface area contributed by atoms with Crippen LogP contribution in [0.25, 0.3) is 11.0 Å². The molecule has 4 aliphatic heterocycles. The number of carbonyl (C=O) groups is 3. The molecular formula is C42H52BFN8O5. The van der Waals surface area contributed by atoms with Gasteiger partial charge in [-0.2, -0.15) is 0 Å². The number of piperidine rings is 3. The molecule has 4 fully saturated rings. The van der Waals surface area contributed by atoms with Crippen molar-refractivity contribution in [3.8, 4) is 0 Å². The van der Waals surface area contributed by atoms with Crippen molar-refractivity contribution in [2.24, 2.45) is 13.0 Å². The minimum Gasteiger partial charge on any atom is -0.423 e. The van der Waals surface area contributed by atoms with Crippen molar-refractivity contribution in [3.63, 3.8) is 0 Å². The van der Waals surface area contributed by atoms with Crippen LogP contribution in [0.5, 0.6) is 0 Å². The lowest BCUT2D eigenvalue weighted by Crippen LogP contribution is -2.49. The Morgan fingerprint density at radius 1 is 0.895 bits per heavy atom. The third kappa shape index (κ3) is 8.71. The number of carbonyl (C=O) groups excluding carboxylic acids is 3. The molecule has 4 aromatic rings. The van der Waals surface area contributed by atoms with E-state index in [1.165, 1.54) is 11.6 Å². The minimum atomic E-state index is -1.53. The number of imide groups is 1. The molecule has 0 spiro atoms. The zero-order chi connectivity index (χ0) is 39.6. The van der Waals surface area contributed by atoms with Crippen molar-refractivity contribution in [2.45, 2.75) is 57.0 Å². The van der Waals surface area contributed by atoms with Gasteiger partial charge in [0.1, 0.15) is 17.5 Å². The van der Waals surface area contributed by atoms with E-state index < -0.39 is 13.2 Å². The van der Waals surface area contributed by atoms with Crippen LogP contribution in [0.15, 0.2) is 60.8 Å². The number of benzene rings is 2. The van der Waals surface area contributed by atoms with Crippen molar-refractivity contribution in [1.29, 1.82) is 0 Å².